The number of halogens is 1. The highest BCUT2D eigenvalue weighted by Gasteiger charge is 2.32. The lowest BCUT2D eigenvalue weighted by molar-refractivity contribution is -0.139. The monoisotopic (exact) mass is 429 g/mol. The summed E-state index contributed by atoms with van der Waals surface area (Å²) < 4.78 is 29.0. The summed E-state index contributed by atoms with van der Waals surface area (Å²) >= 11 is 0. The van der Waals surface area contributed by atoms with Gasteiger partial charge < -0.3 is 29.7 Å². The molecular formula is C21H20FN3O6. The van der Waals surface area contributed by atoms with Crippen molar-refractivity contribution in [3.63, 3.8) is 0 Å². The SMILES string of the molecule is O=C(NCc1ccc(F)cc1)C(=O)NCC1OCCN1C(=O)c1ccc2c(c1)OCO2. The lowest BCUT2D eigenvalue weighted by atomic mass is 10.1. The van der Waals surface area contributed by atoms with Crippen LogP contribution < -0.4 is 20.1 Å². The van der Waals surface area contributed by atoms with Crippen LogP contribution in [0.15, 0.2) is 42.5 Å². The first-order valence-corrected chi connectivity index (χ1v) is 9.64. The Balaban J connectivity index is 1.29. The number of nitrogens with one attached hydrogen (secondary N) is 2. The van der Waals surface area contributed by atoms with E-state index in [0.717, 1.165) is 0 Å². The second-order valence-corrected chi connectivity index (χ2v) is 6.91. The number of benzene rings is 2. The number of hydrogen-bond donors (Lipinski definition) is 2. The highest BCUT2D eigenvalue weighted by molar-refractivity contribution is 6.35. The third-order valence-corrected chi connectivity index (χ3v) is 4.88. The first-order valence-electron chi connectivity index (χ1n) is 9.64. The van der Waals surface area contributed by atoms with Crippen molar-refractivity contribution < 1.29 is 33.0 Å². The summed E-state index contributed by atoms with van der Waals surface area (Å²) in [6.07, 6.45) is -0.702. The maximum absolute atomic E-state index is 12.9. The van der Waals surface area contributed by atoms with Gasteiger partial charge in [0.25, 0.3) is 5.91 Å². The molecule has 0 aliphatic carbocycles. The second kappa shape index (κ2) is 9.00. The third kappa shape index (κ3) is 4.75. The molecule has 3 amide bonds. The summed E-state index contributed by atoms with van der Waals surface area (Å²) in [6.45, 7) is 0.816. The molecule has 4 rings (SSSR count). The van der Waals surface area contributed by atoms with Crippen molar-refractivity contribution in [2.45, 2.75) is 12.8 Å². The Kier molecular flexibility index (Phi) is 5.99. The Labute approximate surface area is 177 Å². The minimum Gasteiger partial charge on any atom is -0.454 e. The van der Waals surface area contributed by atoms with Crippen LogP contribution in [-0.2, 0) is 20.9 Å². The molecule has 0 radical (unpaired) electrons. The van der Waals surface area contributed by atoms with E-state index in [1.54, 1.807) is 18.2 Å². The van der Waals surface area contributed by atoms with Crippen LogP contribution >= 0.6 is 0 Å². The highest BCUT2D eigenvalue weighted by atomic mass is 19.1. The zero-order valence-corrected chi connectivity index (χ0v) is 16.4. The van der Waals surface area contributed by atoms with Crippen LogP contribution in [0.5, 0.6) is 11.5 Å². The van der Waals surface area contributed by atoms with Crippen molar-refractivity contribution in [2.24, 2.45) is 0 Å². The smallest absolute Gasteiger partial charge is 0.309 e. The molecule has 0 bridgehead atoms. The van der Waals surface area contributed by atoms with E-state index in [2.05, 4.69) is 10.6 Å². The fraction of sp³-hybridized carbons (Fsp3) is 0.286. The van der Waals surface area contributed by atoms with Gasteiger partial charge in [0.05, 0.1) is 13.2 Å². The summed E-state index contributed by atoms with van der Waals surface area (Å²) in [5, 5.41) is 4.93. The van der Waals surface area contributed by atoms with Gasteiger partial charge in [-0.3, -0.25) is 14.4 Å². The van der Waals surface area contributed by atoms with Gasteiger partial charge in [-0.2, -0.15) is 0 Å². The number of fused-ring (bicyclic) bond motifs is 1. The maximum atomic E-state index is 12.9. The molecule has 31 heavy (non-hydrogen) atoms. The number of carbonyl (C=O) groups is 3. The average molecular weight is 429 g/mol. The molecule has 1 fully saturated rings. The average Bonchev–Trinajstić information content (AvgIpc) is 3.45. The minimum absolute atomic E-state index is 0.0426. The maximum Gasteiger partial charge on any atom is 0.309 e. The summed E-state index contributed by atoms with van der Waals surface area (Å²) in [6, 6.07) is 10.5. The standard InChI is InChI=1S/C21H20FN3O6/c22-15-4-1-13(2-5-15)10-23-19(26)20(27)24-11-18-25(7-8-29-18)21(28)14-3-6-16-17(9-14)31-12-30-16/h1-6,9,18H,7-8,10-12H2,(H,23,26)(H,24,27). The van der Waals surface area contributed by atoms with Crippen LogP contribution in [0.3, 0.4) is 0 Å². The number of ether oxygens (including phenoxy) is 3. The van der Waals surface area contributed by atoms with Crippen LogP contribution in [0.4, 0.5) is 4.39 Å². The van der Waals surface area contributed by atoms with Gasteiger partial charge in [0.1, 0.15) is 12.0 Å². The molecule has 2 N–H and O–H groups in total. The molecular weight excluding hydrogens is 409 g/mol. The summed E-state index contributed by atoms with van der Waals surface area (Å²) in [5.74, 6) is -1.29. The quantitative estimate of drug-likeness (QED) is 0.681. The van der Waals surface area contributed by atoms with Crippen molar-refractivity contribution in [2.75, 3.05) is 26.5 Å². The molecule has 0 spiro atoms. The summed E-state index contributed by atoms with van der Waals surface area (Å²) in [7, 11) is 0. The van der Waals surface area contributed by atoms with E-state index < -0.39 is 18.0 Å². The van der Waals surface area contributed by atoms with Crippen LogP contribution in [0.1, 0.15) is 15.9 Å². The number of carbonyl (C=O) groups excluding carboxylic acids is 3. The van der Waals surface area contributed by atoms with Gasteiger partial charge in [0, 0.05) is 18.7 Å². The van der Waals surface area contributed by atoms with Gasteiger partial charge in [-0.1, -0.05) is 12.1 Å². The number of hydrogen-bond acceptors (Lipinski definition) is 6. The van der Waals surface area contributed by atoms with Gasteiger partial charge in [-0.25, -0.2) is 4.39 Å². The van der Waals surface area contributed by atoms with Gasteiger partial charge in [0.2, 0.25) is 6.79 Å². The largest absolute Gasteiger partial charge is 0.454 e. The van der Waals surface area contributed by atoms with E-state index in [9.17, 15) is 18.8 Å². The van der Waals surface area contributed by atoms with E-state index >= 15 is 0 Å². The molecule has 2 aromatic rings. The highest BCUT2D eigenvalue weighted by Crippen LogP contribution is 2.33. The summed E-state index contributed by atoms with van der Waals surface area (Å²) in [5.41, 5.74) is 1.06. The Hall–Kier alpha value is -3.66. The molecule has 2 aromatic carbocycles. The van der Waals surface area contributed by atoms with Crippen molar-refractivity contribution in [3.8, 4) is 11.5 Å². The third-order valence-electron chi connectivity index (χ3n) is 4.88. The molecule has 2 heterocycles. The van der Waals surface area contributed by atoms with E-state index in [0.29, 0.717) is 35.8 Å². The zero-order chi connectivity index (χ0) is 21.8. The first-order chi connectivity index (χ1) is 15.0. The van der Waals surface area contributed by atoms with Crippen LogP contribution in [-0.4, -0.2) is 55.3 Å². The molecule has 10 heteroatoms. The fourth-order valence-corrected chi connectivity index (χ4v) is 3.24. The first kappa shape index (κ1) is 20.6. The van der Waals surface area contributed by atoms with Gasteiger partial charge in [-0.15, -0.1) is 0 Å². The lowest BCUT2D eigenvalue weighted by Gasteiger charge is -2.23. The molecule has 9 nitrogen and oxygen atoms in total. The molecule has 1 atom stereocenters. The van der Waals surface area contributed by atoms with Crippen LogP contribution in [0, 0.1) is 5.82 Å². The van der Waals surface area contributed by atoms with Crippen molar-refractivity contribution in [1.82, 2.24) is 15.5 Å². The molecule has 162 valence electrons. The van der Waals surface area contributed by atoms with Gasteiger partial charge in [-0.05, 0) is 35.9 Å². The Morgan fingerprint density at radius 3 is 2.55 bits per heavy atom. The molecule has 2 aliphatic heterocycles. The molecule has 0 saturated carbocycles. The molecule has 0 aromatic heterocycles. The Morgan fingerprint density at radius 2 is 1.74 bits per heavy atom. The van der Waals surface area contributed by atoms with Crippen molar-refractivity contribution in [1.29, 1.82) is 0 Å². The predicted octanol–water partition coefficient (Wildman–Crippen LogP) is 0.785. The van der Waals surface area contributed by atoms with Crippen molar-refractivity contribution in [3.05, 3.63) is 59.4 Å². The normalized spacial score (nSPS) is 16.8. The molecule has 1 saturated heterocycles. The molecule has 1 unspecified atom stereocenters. The molecule has 2 aliphatic rings. The topological polar surface area (TPSA) is 106 Å². The van der Waals surface area contributed by atoms with Gasteiger partial charge >= 0.3 is 11.8 Å². The Morgan fingerprint density at radius 1 is 1.00 bits per heavy atom. The van der Waals surface area contributed by atoms with Crippen LogP contribution in [0.2, 0.25) is 0 Å². The van der Waals surface area contributed by atoms with E-state index in [-0.39, 0.29) is 31.6 Å². The summed E-state index contributed by atoms with van der Waals surface area (Å²) in [4.78, 5) is 38.4. The number of rotatable bonds is 5. The van der Waals surface area contributed by atoms with E-state index in [1.807, 2.05) is 0 Å². The van der Waals surface area contributed by atoms with E-state index in [1.165, 1.54) is 29.2 Å². The predicted molar refractivity (Wildman–Crippen MR) is 105 cm³/mol. The minimum atomic E-state index is -0.854. The number of amides is 3. The Bertz CT molecular complexity index is 997. The lowest BCUT2D eigenvalue weighted by Crippen LogP contribution is -2.47. The number of nitrogens with zero attached hydrogens (tertiary/aromatic N) is 1. The zero-order valence-electron chi connectivity index (χ0n) is 16.4. The van der Waals surface area contributed by atoms with Crippen LogP contribution in [0.25, 0.3) is 0 Å². The van der Waals surface area contributed by atoms with Crippen molar-refractivity contribution >= 4 is 17.7 Å². The fourth-order valence-electron chi connectivity index (χ4n) is 3.24. The second-order valence-electron chi connectivity index (χ2n) is 6.91. The van der Waals surface area contributed by atoms with E-state index in [4.69, 9.17) is 14.2 Å². The van der Waals surface area contributed by atoms with Gasteiger partial charge in [0.15, 0.2) is 11.5 Å².